The summed E-state index contributed by atoms with van der Waals surface area (Å²) in [6, 6.07) is 0. The number of carbonyl (C=O) groups is 1. The zero-order valence-electron chi connectivity index (χ0n) is 10.7. The predicted molar refractivity (Wildman–Crippen MR) is 61.2 cm³/mol. The first-order chi connectivity index (χ1) is 7.63. The normalized spacial score (nSPS) is 20.5. The number of alkyl halides is 2. The van der Waals surface area contributed by atoms with Crippen LogP contribution in [0.25, 0.3) is 0 Å². The van der Waals surface area contributed by atoms with Crippen molar-refractivity contribution in [3.05, 3.63) is 0 Å². The maximum atomic E-state index is 13.6. The molecule has 1 aliphatic rings. The third-order valence-corrected chi connectivity index (χ3v) is 3.43. The Morgan fingerprint density at radius 3 is 2.12 bits per heavy atom. The Hall–Kier alpha value is -0.710. The Kier molecular flexibility index (Phi) is 4.12. The fraction of sp³-hybridized carbons (Fsp3) is 0.917. The molecule has 1 rings (SSSR count). The van der Waals surface area contributed by atoms with E-state index in [1.165, 1.54) is 0 Å². The van der Waals surface area contributed by atoms with E-state index in [-0.39, 0.29) is 5.54 Å². The van der Waals surface area contributed by atoms with Crippen molar-refractivity contribution in [1.29, 1.82) is 0 Å². The Bertz CT molecular complexity index is 279. The van der Waals surface area contributed by atoms with Crippen molar-refractivity contribution in [1.82, 2.24) is 4.90 Å². The molecule has 3 nitrogen and oxygen atoms in total. The van der Waals surface area contributed by atoms with Crippen LogP contribution in [0.15, 0.2) is 0 Å². The minimum atomic E-state index is -3.07. The second-order valence-electron chi connectivity index (χ2n) is 5.76. The molecule has 0 radical (unpaired) electrons. The highest BCUT2D eigenvalue weighted by Crippen LogP contribution is 2.37. The van der Waals surface area contributed by atoms with Crippen molar-refractivity contribution in [3.8, 4) is 0 Å². The minimum Gasteiger partial charge on any atom is -0.481 e. The molecule has 0 unspecified atom stereocenters. The lowest BCUT2D eigenvalue weighted by Crippen LogP contribution is -2.49. The lowest BCUT2D eigenvalue weighted by Gasteiger charge is -2.42. The molecular weight excluding hydrogens is 228 g/mol. The van der Waals surface area contributed by atoms with Gasteiger partial charge in [0.25, 0.3) is 5.92 Å². The van der Waals surface area contributed by atoms with Crippen molar-refractivity contribution in [2.45, 2.75) is 51.5 Å². The van der Waals surface area contributed by atoms with E-state index in [1.807, 2.05) is 0 Å². The van der Waals surface area contributed by atoms with Gasteiger partial charge in [0.05, 0.1) is 0 Å². The number of carboxylic acids is 1. The number of rotatable bonds is 3. The fourth-order valence-corrected chi connectivity index (χ4v) is 2.32. The van der Waals surface area contributed by atoms with Crippen molar-refractivity contribution in [2.24, 2.45) is 5.92 Å². The summed E-state index contributed by atoms with van der Waals surface area (Å²) in [4.78, 5) is 12.6. The van der Waals surface area contributed by atoms with Crippen LogP contribution in [0.5, 0.6) is 0 Å². The van der Waals surface area contributed by atoms with Gasteiger partial charge >= 0.3 is 5.97 Å². The van der Waals surface area contributed by atoms with Gasteiger partial charge in [-0.05, 0) is 46.7 Å². The van der Waals surface area contributed by atoms with Crippen LogP contribution in [-0.2, 0) is 4.79 Å². The molecule has 0 bridgehead atoms. The van der Waals surface area contributed by atoms with Gasteiger partial charge in [-0.25, -0.2) is 8.78 Å². The Morgan fingerprint density at radius 1 is 1.29 bits per heavy atom. The first kappa shape index (κ1) is 14.4. The third-order valence-electron chi connectivity index (χ3n) is 3.43. The van der Waals surface area contributed by atoms with Crippen LogP contribution >= 0.6 is 0 Å². The largest absolute Gasteiger partial charge is 0.481 e. The van der Waals surface area contributed by atoms with Gasteiger partial charge in [-0.2, -0.15) is 0 Å². The van der Waals surface area contributed by atoms with E-state index < -0.39 is 24.2 Å². The maximum absolute atomic E-state index is 13.6. The molecule has 100 valence electrons. The fourth-order valence-electron chi connectivity index (χ4n) is 2.32. The zero-order chi connectivity index (χ0) is 13.3. The lowest BCUT2D eigenvalue weighted by atomic mass is 9.87. The molecule has 0 aromatic carbocycles. The van der Waals surface area contributed by atoms with E-state index in [2.05, 4.69) is 25.7 Å². The minimum absolute atomic E-state index is 0.00689. The number of aliphatic carboxylic acids is 1. The van der Waals surface area contributed by atoms with E-state index in [9.17, 15) is 13.6 Å². The smallest absolute Gasteiger partial charge is 0.309 e. The molecule has 0 amide bonds. The van der Waals surface area contributed by atoms with Crippen molar-refractivity contribution >= 4 is 5.97 Å². The molecule has 0 spiro atoms. The molecular formula is C12H21F2NO2. The molecule has 0 atom stereocenters. The monoisotopic (exact) mass is 249 g/mol. The molecule has 0 saturated carbocycles. The molecule has 0 aliphatic carbocycles. The van der Waals surface area contributed by atoms with Crippen molar-refractivity contribution < 1.29 is 18.7 Å². The highest BCUT2D eigenvalue weighted by molar-refractivity contribution is 5.67. The summed E-state index contributed by atoms with van der Waals surface area (Å²) in [6.45, 7) is 7.40. The van der Waals surface area contributed by atoms with Crippen LogP contribution in [0.1, 0.15) is 40.0 Å². The number of hydrogen-bond donors (Lipinski definition) is 1. The average Bonchev–Trinajstić information content (AvgIpc) is 2.14. The summed E-state index contributed by atoms with van der Waals surface area (Å²) in [6.07, 6.45) is -0.303. The van der Waals surface area contributed by atoms with Gasteiger partial charge in [-0.15, -0.1) is 0 Å². The van der Waals surface area contributed by atoms with Gasteiger partial charge in [0, 0.05) is 11.5 Å². The highest BCUT2D eigenvalue weighted by atomic mass is 19.3. The summed E-state index contributed by atoms with van der Waals surface area (Å²) in [5.74, 6) is -5.29. The molecule has 0 aromatic heterocycles. The summed E-state index contributed by atoms with van der Waals surface area (Å²) < 4.78 is 27.2. The Morgan fingerprint density at radius 2 is 1.76 bits per heavy atom. The molecule has 17 heavy (non-hydrogen) atoms. The molecule has 5 heteroatoms. The highest BCUT2D eigenvalue weighted by Gasteiger charge is 2.43. The summed E-state index contributed by atoms with van der Waals surface area (Å²) in [5.41, 5.74) is -0.00689. The van der Waals surface area contributed by atoms with Crippen LogP contribution in [-0.4, -0.2) is 40.5 Å². The number of nitrogens with zero attached hydrogens (tertiary/aromatic N) is 1. The first-order valence-corrected chi connectivity index (χ1v) is 5.97. The van der Waals surface area contributed by atoms with Gasteiger partial charge < -0.3 is 5.11 Å². The van der Waals surface area contributed by atoms with Gasteiger partial charge in [0.2, 0.25) is 0 Å². The summed E-state index contributed by atoms with van der Waals surface area (Å²) in [7, 11) is 0. The molecule has 1 heterocycles. The number of carboxylic acid groups (broad SMARTS) is 1. The third kappa shape index (κ3) is 3.91. The van der Waals surface area contributed by atoms with Gasteiger partial charge in [-0.3, -0.25) is 9.69 Å². The number of likely N-dealkylation sites (tertiary alicyclic amines) is 1. The van der Waals surface area contributed by atoms with E-state index in [0.29, 0.717) is 25.9 Å². The van der Waals surface area contributed by atoms with E-state index in [1.54, 1.807) is 0 Å². The maximum Gasteiger partial charge on any atom is 0.309 e. The Labute approximate surface area is 101 Å². The van der Waals surface area contributed by atoms with Crippen LogP contribution in [0.3, 0.4) is 0 Å². The topological polar surface area (TPSA) is 40.5 Å². The van der Waals surface area contributed by atoms with Crippen LogP contribution in [0.4, 0.5) is 8.78 Å². The van der Waals surface area contributed by atoms with E-state index in [0.717, 1.165) is 0 Å². The summed E-state index contributed by atoms with van der Waals surface area (Å²) in [5, 5.41) is 8.47. The molecule has 0 aromatic rings. The van der Waals surface area contributed by atoms with Crippen LogP contribution < -0.4 is 0 Å². The molecule has 1 aliphatic heterocycles. The van der Waals surface area contributed by atoms with Crippen molar-refractivity contribution in [2.75, 3.05) is 13.1 Å². The van der Waals surface area contributed by atoms with Crippen LogP contribution in [0, 0.1) is 5.92 Å². The van der Waals surface area contributed by atoms with Gasteiger partial charge in [0.1, 0.15) is 6.42 Å². The number of halogens is 2. The number of hydrogen-bond acceptors (Lipinski definition) is 2. The van der Waals surface area contributed by atoms with Gasteiger partial charge in [0.15, 0.2) is 0 Å². The second kappa shape index (κ2) is 4.88. The standard InChI is InChI=1S/C12H21F2NO2/c1-11(2,3)15-6-4-9(5-7-15)12(13,14)8-10(16)17/h9H,4-8H2,1-3H3,(H,16,17). The molecule has 1 N–H and O–H groups in total. The lowest BCUT2D eigenvalue weighted by molar-refractivity contribution is -0.152. The predicted octanol–water partition coefficient (Wildman–Crippen LogP) is 2.61. The second-order valence-corrected chi connectivity index (χ2v) is 5.76. The van der Waals surface area contributed by atoms with E-state index >= 15 is 0 Å². The average molecular weight is 249 g/mol. The molecule has 1 saturated heterocycles. The number of piperidine rings is 1. The Balaban J connectivity index is 2.54. The summed E-state index contributed by atoms with van der Waals surface area (Å²) >= 11 is 0. The molecule has 1 fully saturated rings. The van der Waals surface area contributed by atoms with Crippen LogP contribution in [0.2, 0.25) is 0 Å². The van der Waals surface area contributed by atoms with E-state index in [4.69, 9.17) is 5.11 Å². The van der Waals surface area contributed by atoms with Crippen molar-refractivity contribution in [3.63, 3.8) is 0 Å². The quantitative estimate of drug-likeness (QED) is 0.835. The first-order valence-electron chi connectivity index (χ1n) is 5.97. The zero-order valence-corrected chi connectivity index (χ0v) is 10.7. The SMILES string of the molecule is CC(C)(C)N1CCC(C(F)(F)CC(=O)O)CC1. The van der Waals surface area contributed by atoms with Gasteiger partial charge in [-0.1, -0.05) is 0 Å².